The van der Waals surface area contributed by atoms with Gasteiger partial charge in [0, 0.05) is 12.0 Å². The normalized spacial score (nSPS) is 23.7. The van der Waals surface area contributed by atoms with Crippen molar-refractivity contribution < 1.29 is 9.53 Å². The Morgan fingerprint density at radius 3 is 2.45 bits per heavy atom. The van der Waals surface area contributed by atoms with Crippen LogP contribution >= 0.6 is 0 Å². The number of aromatic nitrogens is 2. The lowest BCUT2D eigenvalue weighted by Crippen LogP contribution is -2.45. The van der Waals surface area contributed by atoms with Gasteiger partial charge >= 0.3 is 0 Å². The number of nitrogens with one attached hydrogen (secondary N) is 1. The van der Waals surface area contributed by atoms with Gasteiger partial charge in [0.1, 0.15) is 0 Å². The molecule has 2 saturated heterocycles. The molecule has 1 aliphatic carbocycles. The van der Waals surface area contributed by atoms with Crippen molar-refractivity contribution in [1.29, 1.82) is 0 Å². The molecule has 6 heteroatoms. The van der Waals surface area contributed by atoms with Crippen LogP contribution < -0.4 is 10.9 Å². The molecule has 6 nitrogen and oxygen atoms in total. The summed E-state index contributed by atoms with van der Waals surface area (Å²) in [5.74, 6) is 0.344. The number of hydrogen-bond acceptors (Lipinski definition) is 4. The molecule has 1 N–H and O–H groups in total. The third kappa shape index (κ3) is 3.34. The van der Waals surface area contributed by atoms with E-state index in [-0.39, 0.29) is 29.3 Å². The first kappa shape index (κ1) is 18.1. The third-order valence-electron chi connectivity index (χ3n) is 6.08. The van der Waals surface area contributed by atoms with Gasteiger partial charge < -0.3 is 10.1 Å². The molecule has 1 saturated carbocycles. The summed E-state index contributed by atoms with van der Waals surface area (Å²) in [5.41, 5.74) is 0.663. The van der Waals surface area contributed by atoms with Gasteiger partial charge in [-0.05, 0) is 49.8 Å². The quantitative estimate of drug-likeness (QED) is 0.747. The van der Waals surface area contributed by atoms with E-state index in [1.165, 1.54) is 4.68 Å². The van der Waals surface area contributed by atoms with E-state index >= 15 is 0 Å². The molecule has 3 atom stereocenters. The second-order valence-electron chi connectivity index (χ2n) is 7.92. The Hall–Kier alpha value is -2.99. The van der Waals surface area contributed by atoms with Crippen molar-refractivity contribution >= 4 is 16.7 Å². The predicted molar refractivity (Wildman–Crippen MR) is 110 cm³/mol. The van der Waals surface area contributed by atoms with Gasteiger partial charge in [-0.2, -0.15) is 9.78 Å². The summed E-state index contributed by atoms with van der Waals surface area (Å²) in [6, 6.07) is 16.3. The van der Waals surface area contributed by atoms with Gasteiger partial charge in [0.05, 0.1) is 23.2 Å². The zero-order valence-electron chi connectivity index (χ0n) is 16.1. The third-order valence-corrected chi connectivity index (χ3v) is 6.08. The van der Waals surface area contributed by atoms with Crippen LogP contribution in [0.1, 0.15) is 36.2 Å². The summed E-state index contributed by atoms with van der Waals surface area (Å²) in [5, 5.41) is 8.67. The van der Waals surface area contributed by atoms with Gasteiger partial charge in [0.25, 0.3) is 11.5 Å². The Kier molecular flexibility index (Phi) is 4.64. The molecule has 148 valence electrons. The molecule has 3 fully saturated rings. The Bertz CT molecular complexity index is 1100. The smallest absolute Gasteiger partial charge is 0.279 e. The van der Waals surface area contributed by atoms with E-state index in [0.717, 1.165) is 32.3 Å². The highest BCUT2D eigenvalue weighted by Gasteiger charge is 2.34. The fraction of sp³-hybridized carbons (Fsp3) is 0.348. The molecule has 0 radical (unpaired) electrons. The molecule has 3 unspecified atom stereocenters. The Labute approximate surface area is 168 Å². The van der Waals surface area contributed by atoms with Gasteiger partial charge in [0.15, 0.2) is 5.69 Å². The number of benzene rings is 2. The Morgan fingerprint density at radius 2 is 1.69 bits per heavy atom. The maximum Gasteiger partial charge on any atom is 0.279 e. The molecule has 3 aromatic rings. The van der Waals surface area contributed by atoms with Gasteiger partial charge in [-0.15, -0.1) is 0 Å². The van der Waals surface area contributed by atoms with Crippen molar-refractivity contribution in [2.45, 2.75) is 37.8 Å². The van der Waals surface area contributed by atoms with E-state index < -0.39 is 0 Å². The highest BCUT2D eigenvalue weighted by atomic mass is 16.5. The highest BCUT2D eigenvalue weighted by molar-refractivity contribution is 6.05. The second kappa shape index (κ2) is 7.44. The first-order chi connectivity index (χ1) is 14.2. The number of nitrogens with zero attached hydrogens (tertiary/aromatic N) is 2. The average molecular weight is 389 g/mol. The summed E-state index contributed by atoms with van der Waals surface area (Å²) < 4.78 is 7.27. The molecule has 0 spiro atoms. The summed E-state index contributed by atoms with van der Waals surface area (Å²) in [6.07, 6.45) is 4.19. The molecular weight excluding hydrogens is 366 g/mol. The first-order valence-electron chi connectivity index (χ1n) is 10.2. The molecular formula is C23H23N3O3. The summed E-state index contributed by atoms with van der Waals surface area (Å²) in [7, 11) is 0. The maximum absolute atomic E-state index is 13.3. The van der Waals surface area contributed by atoms with E-state index in [2.05, 4.69) is 10.4 Å². The van der Waals surface area contributed by atoms with Crippen LogP contribution in [-0.2, 0) is 4.74 Å². The fourth-order valence-electron chi connectivity index (χ4n) is 4.48. The van der Waals surface area contributed by atoms with Crippen LogP contribution in [0.25, 0.3) is 16.5 Å². The summed E-state index contributed by atoms with van der Waals surface area (Å²) in [6.45, 7) is 0.789. The van der Waals surface area contributed by atoms with Gasteiger partial charge in [-0.3, -0.25) is 9.59 Å². The number of ether oxygens (including phenoxy) is 1. The van der Waals surface area contributed by atoms with Crippen molar-refractivity contribution in [3.63, 3.8) is 0 Å². The lowest BCUT2D eigenvalue weighted by atomic mass is 10.00. The molecule has 2 aromatic carbocycles. The van der Waals surface area contributed by atoms with Crippen LogP contribution in [-0.4, -0.2) is 34.4 Å². The Morgan fingerprint density at radius 1 is 0.966 bits per heavy atom. The average Bonchev–Trinajstić information content (AvgIpc) is 3.08. The minimum Gasteiger partial charge on any atom is -0.376 e. The number of para-hydroxylation sites is 1. The maximum atomic E-state index is 13.3. The lowest BCUT2D eigenvalue weighted by molar-refractivity contribution is -0.0143. The lowest BCUT2D eigenvalue weighted by Gasteiger charge is -2.28. The number of carbonyl (C=O) groups is 1. The van der Waals surface area contributed by atoms with Gasteiger partial charge in [0.2, 0.25) is 0 Å². The first-order valence-corrected chi connectivity index (χ1v) is 10.2. The van der Waals surface area contributed by atoms with E-state index in [9.17, 15) is 9.59 Å². The standard InChI is InChI=1S/C23H23N3O3/c27-22(24-19-12-10-15-11-13-20(19)29-14-15)21-17-8-4-5-9-18(17)23(28)26(25-21)16-6-2-1-3-7-16/h1-9,15,19-20H,10-14H2,(H,24,27). The molecule has 1 amide bonds. The van der Waals surface area contributed by atoms with Crippen molar-refractivity contribution in [1.82, 2.24) is 15.1 Å². The molecule has 3 aliphatic rings. The zero-order chi connectivity index (χ0) is 19.8. The topological polar surface area (TPSA) is 73.2 Å². The van der Waals surface area contributed by atoms with Crippen LogP contribution in [0.15, 0.2) is 59.4 Å². The van der Waals surface area contributed by atoms with E-state index in [0.29, 0.717) is 22.4 Å². The van der Waals surface area contributed by atoms with Crippen LogP contribution in [0.3, 0.4) is 0 Å². The molecule has 6 rings (SSSR count). The highest BCUT2D eigenvalue weighted by Crippen LogP contribution is 2.31. The summed E-state index contributed by atoms with van der Waals surface area (Å²) in [4.78, 5) is 26.3. The molecule has 2 bridgehead atoms. The number of hydrogen-bond donors (Lipinski definition) is 1. The van der Waals surface area contributed by atoms with Crippen LogP contribution in [0.2, 0.25) is 0 Å². The number of rotatable bonds is 3. The number of amides is 1. The van der Waals surface area contributed by atoms with E-state index in [4.69, 9.17) is 4.74 Å². The monoisotopic (exact) mass is 389 g/mol. The number of carbonyl (C=O) groups excluding carboxylic acids is 1. The van der Waals surface area contributed by atoms with Crippen molar-refractivity contribution in [2.24, 2.45) is 5.92 Å². The zero-order valence-corrected chi connectivity index (χ0v) is 16.1. The van der Waals surface area contributed by atoms with Crippen LogP contribution in [0.5, 0.6) is 0 Å². The SMILES string of the molecule is O=C(NC1CCC2CCC1OC2)c1nn(-c2ccccc2)c(=O)c2ccccc12. The molecule has 3 heterocycles. The predicted octanol–water partition coefficient (Wildman–Crippen LogP) is 3.07. The molecule has 2 aliphatic heterocycles. The second-order valence-corrected chi connectivity index (χ2v) is 7.92. The Balaban J connectivity index is 1.56. The minimum absolute atomic E-state index is 0.0207. The van der Waals surface area contributed by atoms with Crippen LogP contribution in [0.4, 0.5) is 0 Å². The summed E-state index contributed by atoms with van der Waals surface area (Å²) >= 11 is 0. The minimum atomic E-state index is -0.259. The number of fused-ring (bicyclic) bond motifs is 5. The van der Waals surface area contributed by atoms with Crippen molar-refractivity contribution in [3.8, 4) is 5.69 Å². The van der Waals surface area contributed by atoms with Crippen LogP contribution in [0, 0.1) is 5.92 Å². The van der Waals surface area contributed by atoms with E-state index in [1.54, 1.807) is 18.2 Å². The van der Waals surface area contributed by atoms with Gasteiger partial charge in [-0.25, -0.2) is 0 Å². The van der Waals surface area contributed by atoms with Crippen molar-refractivity contribution in [2.75, 3.05) is 6.61 Å². The van der Waals surface area contributed by atoms with Gasteiger partial charge in [-0.1, -0.05) is 36.4 Å². The molecule has 29 heavy (non-hydrogen) atoms. The molecule has 1 aromatic heterocycles. The van der Waals surface area contributed by atoms with Crippen molar-refractivity contribution in [3.05, 3.63) is 70.6 Å². The fourth-order valence-corrected chi connectivity index (χ4v) is 4.48. The largest absolute Gasteiger partial charge is 0.376 e. The van der Waals surface area contributed by atoms with E-state index in [1.807, 2.05) is 36.4 Å².